The topological polar surface area (TPSA) is 63.4 Å². The Morgan fingerprint density at radius 3 is 2.29 bits per heavy atom. The van der Waals surface area contributed by atoms with E-state index in [9.17, 15) is 8.42 Å². The highest BCUT2D eigenvalue weighted by molar-refractivity contribution is 7.89. The van der Waals surface area contributed by atoms with Gasteiger partial charge in [0.2, 0.25) is 10.0 Å². The summed E-state index contributed by atoms with van der Waals surface area (Å²) in [6.45, 7) is 8.33. The molecule has 0 amide bonds. The van der Waals surface area contributed by atoms with Crippen molar-refractivity contribution >= 4 is 10.0 Å². The van der Waals surface area contributed by atoms with Gasteiger partial charge in [0.15, 0.2) is 0 Å². The predicted octanol–water partition coefficient (Wildman–Crippen LogP) is 1.48. The Labute approximate surface area is 103 Å². The Balaban J connectivity index is 3.16. The van der Waals surface area contributed by atoms with Gasteiger partial charge in [-0.3, -0.25) is 4.90 Å². The van der Waals surface area contributed by atoms with Crippen LogP contribution in [-0.4, -0.2) is 26.4 Å². The quantitative estimate of drug-likeness (QED) is 0.868. The minimum atomic E-state index is -3.64. The lowest BCUT2D eigenvalue weighted by Gasteiger charge is -2.19. The second-order valence-electron chi connectivity index (χ2n) is 4.12. The van der Waals surface area contributed by atoms with Crippen LogP contribution >= 0.6 is 0 Å². The molecule has 17 heavy (non-hydrogen) atoms. The molecule has 1 rings (SSSR count). The molecular weight excluding hydrogens is 236 g/mol. The second kappa shape index (κ2) is 5.62. The lowest BCUT2D eigenvalue weighted by molar-refractivity contribution is 0.293. The van der Waals surface area contributed by atoms with E-state index in [1.807, 2.05) is 32.9 Å². The molecule has 2 N–H and O–H groups in total. The van der Waals surface area contributed by atoms with Gasteiger partial charge in [0, 0.05) is 6.54 Å². The molecule has 0 unspecified atom stereocenters. The van der Waals surface area contributed by atoms with Gasteiger partial charge in [-0.25, -0.2) is 13.6 Å². The molecule has 4 nitrogen and oxygen atoms in total. The number of nitrogens with zero attached hydrogens (tertiary/aromatic N) is 1. The van der Waals surface area contributed by atoms with E-state index in [4.69, 9.17) is 5.14 Å². The third kappa shape index (κ3) is 3.80. The summed E-state index contributed by atoms with van der Waals surface area (Å²) < 4.78 is 23.0. The first kappa shape index (κ1) is 14.2. The molecule has 0 fully saturated rings. The first-order valence-corrected chi connectivity index (χ1v) is 7.27. The highest BCUT2D eigenvalue weighted by Crippen LogP contribution is 2.18. The molecule has 1 aromatic carbocycles. The number of sulfonamides is 1. The van der Waals surface area contributed by atoms with Gasteiger partial charge in [-0.1, -0.05) is 26.0 Å². The van der Waals surface area contributed by atoms with Gasteiger partial charge < -0.3 is 0 Å². The van der Waals surface area contributed by atoms with Gasteiger partial charge in [0.05, 0.1) is 4.90 Å². The summed E-state index contributed by atoms with van der Waals surface area (Å²) in [5.41, 5.74) is 1.67. The first-order valence-electron chi connectivity index (χ1n) is 5.73. The minimum Gasteiger partial charge on any atom is -0.300 e. The molecule has 0 atom stereocenters. The van der Waals surface area contributed by atoms with E-state index in [0.29, 0.717) is 6.54 Å². The zero-order valence-electron chi connectivity index (χ0n) is 10.6. The summed E-state index contributed by atoms with van der Waals surface area (Å²) in [5, 5.41) is 5.24. The molecule has 0 radical (unpaired) electrons. The van der Waals surface area contributed by atoms with Crippen molar-refractivity contribution in [1.82, 2.24) is 4.90 Å². The molecule has 96 valence electrons. The van der Waals surface area contributed by atoms with Crippen molar-refractivity contribution < 1.29 is 8.42 Å². The maximum absolute atomic E-state index is 11.5. The van der Waals surface area contributed by atoms with Gasteiger partial charge in [0.1, 0.15) is 0 Å². The van der Waals surface area contributed by atoms with Gasteiger partial charge in [-0.2, -0.15) is 0 Å². The molecule has 0 aliphatic rings. The molecule has 0 saturated heterocycles. The molecule has 0 aliphatic heterocycles. The number of rotatable bonds is 5. The average molecular weight is 256 g/mol. The van der Waals surface area contributed by atoms with E-state index in [2.05, 4.69) is 4.90 Å². The Kier molecular flexibility index (Phi) is 4.68. The smallest absolute Gasteiger partial charge is 0.238 e. The van der Waals surface area contributed by atoms with E-state index < -0.39 is 10.0 Å². The van der Waals surface area contributed by atoms with Crippen LogP contribution in [0.15, 0.2) is 23.1 Å². The average Bonchev–Trinajstić information content (AvgIpc) is 2.26. The van der Waals surface area contributed by atoms with Crippen molar-refractivity contribution in [3.63, 3.8) is 0 Å². The van der Waals surface area contributed by atoms with Gasteiger partial charge in [-0.15, -0.1) is 0 Å². The Morgan fingerprint density at radius 1 is 1.24 bits per heavy atom. The van der Waals surface area contributed by atoms with Crippen LogP contribution in [0, 0.1) is 6.92 Å². The van der Waals surface area contributed by atoms with Crippen molar-refractivity contribution in [2.75, 3.05) is 13.1 Å². The molecule has 0 saturated carbocycles. The van der Waals surface area contributed by atoms with Gasteiger partial charge in [0.25, 0.3) is 0 Å². The highest BCUT2D eigenvalue weighted by Gasteiger charge is 2.15. The van der Waals surface area contributed by atoms with E-state index >= 15 is 0 Å². The summed E-state index contributed by atoms with van der Waals surface area (Å²) in [6, 6.07) is 5.38. The number of nitrogens with two attached hydrogens (primary N) is 1. The zero-order valence-corrected chi connectivity index (χ0v) is 11.4. The van der Waals surface area contributed by atoms with Crippen LogP contribution in [-0.2, 0) is 16.6 Å². The maximum atomic E-state index is 11.5. The molecule has 0 aliphatic carbocycles. The normalized spacial score (nSPS) is 12.1. The van der Waals surface area contributed by atoms with Crippen molar-refractivity contribution in [3.8, 4) is 0 Å². The maximum Gasteiger partial charge on any atom is 0.238 e. The zero-order chi connectivity index (χ0) is 13.1. The van der Waals surface area contributed by atoms with Crippen LogP contribution in [0.25, 0.3) is 0 Å². The van der Waals surface area contributed by atoms with Crippen molar-refractivity contribution in [2.24, 2.45) is 5.14 Å². The summed E-state index contributed by atoms with van der Waals surface area (Å²) in [4.78, 5) is 2.39. The van der Waals surface area contributed by atoms with E-state index in [-0.39, 0.29) is 4.90 Å². The van der Waals surface area contributed by atoms with Crippen LogP contribution < -0.4 is 5.14 Å². The number of hydrogen-bond acceptors (Lipinski definition) is 3. The number of benzene rings is 1. The van der Waals surface area contributed by atoms with E-state index in [0.717, 1.165) is 24.2 Å². The number of primary sulfonamides is 1. The Morgan fingerprint density at radius 2 is 1.82 bits per heavy atom. The van der Waals surface area contributed by atoms with Crippen LogP contribution in [0.2, 0.25) is 0 Å². The standard InChI is InChI=1S/C12H20N2O2S/c1-4-14(5-2)9-11-7-6-10(3)8-12(11)17(13,15)16/h6-8H,4-5,9H2,1-3H3,(H2,13,15,16). The highest BCUT2D eigenvalue weighted by atomic mass is 32.2. The Bertz CT molecular complexity index is 479. The van der Waals surface area contributed by atoms with Gasteiger partial charge in [-0.05, 0) is 37.2 Å². The van der Waals surface area contributed by atoms with Crippen molar-refractivity contribution in [2.45, 2.75) is 32.2 Å². The fourth-order valence-electron chi connectivity index (χ4n) is 1.75. The predicted molar refractivity (Wildman–Crippen MR) is 69.2 cm³/mol. The molecule has 5 heteroatoms. The summed E-state index contributed by atoms with van der Waals surface area (Å²) in [6.07, 6.45) is 0. The Hall–Kier alpha value is -0.910. The SMILES string of the molecule is CCN(CC)Cc1ccc(C)cc1S(N)(=O)=O. The largest absolute Gasteiger partial charge is 0.300 e. The summed E-state index contributed by atoms with van der Waals surface area (Å²) >= 11 is 0. The fourth-order valence-corrected chi connectivity index (χ4v) is 2.59. The summed E-state index contributed by atoms with van der Waals surface area (Å²) in [7, 11) is -3.64. The molecule has 0 heterocycles. The van der Waals surface area contributed by atoms with Crippen LogP contribution in [0.5, 0.6) is 0 Å². The van der Waals surface area contributed by atoms with Gasteiger partial charge >= 0.3 is 0 Å². The second-order valence-corrected chi connectivity index (χ2v) is 5.65. The van der Waals surface area contributed by atoms with Crippen molar-refractivity contribution in [1.29, 1.82) is 0 Å². The van der Waals surface area contributed by atoms with Crippen molar-refractivity contribution in [3.05, 3.63) is 29.3 Å². The van der Waals surface area contributed by atoms with Crippen LogP contribution in [0.3, 0.4) is 0 Å². The van der Waals surface area contributed by atoms with Crippen LogP contribution in [0.4, 0.5) is 0 Å². The van der Waals surface area contributed by atoms with E-state index in [1.165, 1.54) is 0 Å². The van der Waals surface area contributed by atoms with E-state index in [1.54, 1.807) is 6.07 Å². The molecule has 0 bridgehead atoms. The number of aryl methyl sites for hydroxylation is 1. The molecular formula is C12H20N2O2S. The molecule has 1 aromatic rings. The third-order valence-electron chi connectivity index (χ3n) is 2.82. The lowest BCUT2D eigenvalue weighted by Crippen LogP contribution is -2.24. The fraction of sp³-hybridized carbons (Fsp3) is 0.500. The minimum absolute atomic E-state index is 0.240. The first-order chi connectivity index (χ1) is 7.88. The summed E-state index contributed by atoms with van der Waals surface area (Å²) in [5.74, 6) is 0. The monoisotopic (exact) mass is 256 g/mol. The molecule has 0 spiro atoms. The van der Waals surface area contributed by atoms with Crippen LogP contribution in [0.1, 0.15) is 25.0 Å². The molecule has 0 aromatic heterocycles. The third-order valence-corrected chi connectivity index (χ3v) is 3.81. The number of hydrogen-bond donors (Lipinski definition) is 1. The lowest BCUT2D eigenvalue weighted by atomic mass is 10.1.